The van der Waals surface area contributed by atoms with Crippen LogP contribution in [0.2, 0.25) is 0 Å². The van der Waals surface area contributed by atoms with Crippen LogP contribution < -0.4 is 4.74 Å². The number of fused-ring (bicyclic) bond motifs is 1. The summed E-state index contributed by atoms with van der Waals surface area (Å²) < 4.78 is 13.1. The molecule has 5 heterocycles. The SMILES string of the molecule is COc1ccc(-n2nc(-c3ccnc([C@H](C)N4CCN(C)CC4)c3)c3c2CCOCC3)cn1. The molecular weight excluding hydrogens is 416 g/mol. The molecule has 0 bridgehead atoms. The molecule has 0 radical (unpaired) electrons. The van der Waals surface area contributed by atoms with E-state index in [0.717, 1.165) is 61.7 Å². The summed E-state index contributed by atoms with van der Waals surface area (Å²) in [7, 11) is 3.81. The molecule has 0 aromatic carbocycles. The second kappa shape index (κ2) is 9.59. The van der Waals surface area contributed by atoms with Crippen molar-refractivity contribution in [2.45, 2.75) is 25.8 Å². The van der Waals surface area contributed by atoms with Crippen molar-refractivity contribution in [3.8, 4) is 22.8 Å². The Morgan fingerprint density at radius 1 is 1.03 bits per heavy atom. The van der Waals surface area contributed by atoms with Gasteiger partial charge in [-0.2, -0.15) is 5.10 Å². The van der Waals surface area contributed by atoms with E-state index in [0.29, 0.717) is 19.1 Å². The Morgan fingerprint density at radius 2 is 1.85 bits per heavy atom. The number of rotatable bonds is 5. The topological polar surface area (TPSA) is 68.5 Å². The predicted molar refractivity (Wildman–Crippen MR) is 127 cm³/mol. The van der Waals surface area contributed by atoms with Crippen LogP contribution in [0.25, 0.3) is 16.9 Å². The first kappa shape index (κ1) is 22.0. The average Bonchev–Trinajstić information content (AvgIpc) is 3.04. The van der Waals surface area contributed by atoms with Crippen LogP contribution in [-0.4, -0.2) is 83.1 Å². The van der Waals surface area contributed by atoms with Crippen molar-refractivity contribution >= 4 is 0 Å². The van der Waals surface area contributed by atoms with Crippen LogP contribution in [0.15, 0.2) is 36.7 Å². The summed E-state index contributed by atoms with van der Waals surface area (Å²) in [6.45, 7) is 7.99. The van der Waals surface area contributed by atoms with Gasteiger partial charge in [-0.25, -0.2) is 9.67 Å². The van der Waals surface area contributed by atoms with Gasteiger partial charge in [-0.1, -0.05) is 0 Å². The lowest BCUT2D eigenvalue weighted by atomic mass is 10.0. The average molecular weight is 449 g/mol. The zero-order valence-electron chi connectivity index (χ0n) is 19.7. The molecule has 0 aliphatic carbocycles. The van der Waals surface area contributed by atoms with Gasteiger partial charge in [0, 0.05) is 62.0 Å². The number of hydrogen-bond donors (Lipinski definition) is 0. The largest absolute Gasteiger partial charge is 0.481 e. The molecule has 8 nitrogen and oxygen atoms in total. The lowest BCUT2D eigenvalue weighted by molar-refractivity contribution is 0.117. The van der Waals surface area contributed by atoms with Crippen molar-refractivity contribution < 1.29 is 9.47 Å². The second-order valence-corrected chi connectivity index (χ2v) is 8.84. The summed E-state index contributed by atoms with van der Waals surface area (Å²) >= 11 is 0. The molecule has 0 unspecified atom stereocenters. The van der Waals surface area contributed by atoms with Gasteiger partial charge in [0.15, 0.2) is 0 Å². The molecule has 0 spiro atoms. The molecule has 3 aromatic heterocycles. The van der Waals surface area contributed by atoms with E-state index in [1.165, 1.54) is 11.3 Å². The molecule has 0 amide bonds. The van der Waals surface area contributed by atoms with E-state index in [2.05, 4.69) is 40.9 Å². The summed E-state index contributed by atoms with van der Waals surface area (Å²) in [5.41, 5.74) is 6.60. The fourth-order valence-electron chi connectivity index (χ4n) is 4.73. The lowest BCUT2D eigenvalue weighted by Gasteiger charge is -2.36. The molecular formula is C25H32N6O2. The summed E-state index contributed by atoms with van der Waals surface area (Å²) in [4.78, 5) is 14.0. The first-order valence-corrected chi connectivity index (χ1v) is 11.7. The normalized spacial score (nSPS) is 18.5. The van der Waals surface area contributed by atoms with E-state index in [-0.39, 0.29) is 6.04 Å². The summed E-state index contributed by atoms with van der Waals surface area (Å²) in [6.07, 6.45) is 5.41. The van der Waals surface area contributed by atoms with Gasteiger partial charge in [0.1, 0.15) is 0 Å². The summed E-state index contributed by atoms with van der Waals surface area (Å²) in [6, 6.07) is 8.44. The minimum absolute atomic E-state index is 0.272. The van der Waals surface area contributed by atoms with Crippen molar-refractivity contribution in [2.75, 3.05) is 53.6 Å². The van der Waals surface area contributed by atoms with Crippen molar-refractivity contribution in [2.24, 2.45) is 0 Å². The standard InChI is InChI=1S/C25H32N6O2/c1-18(30-12-10-29(2)11-13-30)22-16-19(6-9-26-22)25-21-7-14-33-15-8-23(21)31(28-25)20-4-5-24(32-3)27-17-20/h4-6,9,16-18H,7-8,10-15H2,1-3H3/t18-/m0/s1. The number of pyridine rings is 2. The molecule has 2 aliphatic heterocycles. The van der Waals surface area contributed by atoms with Gasteiger partial charge in [-0.05, 0) is 38.6 Å². The molecule has 2 aliphatic rings. The molecule has 0 saturated carbocycles. The smallest absolute Gasteiger partial charge is 0.213 e. The molecule has 1 saturated heterocycles. The summed E-state index contributed by atoms with van der Waals surface area (Å²) in [5, 5.41) is 5.08. The Kier molecular flexibility index (Phi) is 6.39. The number of likely N-dealkylation sites (N-methyl/N-ethyl adjacent to an activating group) is 1. The molecule has 8 heteroatoms. The van der Waals surface area contributed by atoms with Crippen LogP contribution in [0.4, 0.5) is 0 Å². The third-order valence-corrected chi connectivity index (χ3v) is 6.81. The monoisotopic (exact) mass is 448 g/mol. The maximum atomic E-state index is 5.80. The van der Waals surface area contributed by atoms with Gasteiger partial charge in [0.05, 0.1) is 49.3 Å². The molecule has 1 fully saturated rings. The molecule has 5 rings (SSSR count). The highest BCUT2D eigenvalue weighted by Gasteiger charge is 2.25. The van der Waals surface area contributed by atoms with Gasteiger partial charge in [0.25, 0.3) is 0 Å². The molecule has 33 heavy (non-hydrogen) atoms. The number of nitrogens with zero attached hydrogens (tertiary/aromatic N) is 6. The highest BCUT2D eigenvalue weighted by atomic mass is 16.5. The number of hydrogen-bond acceptors (Lipinski definition) is 7. The molecule has 0 N–H and O–H groups in total. The second-order valence-electron chi connectivity index (χ2n) is 8.84. The van der Waals surface area contributed by atoms with Crippen LogP contribution in [0.3, 0.4) is 0 Å². The van der Waals surface area contributed by atoms with E-state index in [4.69, 9.17) is 19.6 Å². The van der Waals surface area contributed by atoms with E-state index < -0.39 is 0 Å². The Bertz CT molecular complexity index is 1090. The van der Waals surface area contributed by atoms with Crippen molar-refractivity contribution in [1.29, 1.82) is 0 Å². The van der Waals surface area contributed by atoms with Crippen LogP contribution in [-0.2, 0) is 17.6 Å². The van der Waals surface area contributed by atoms with Gasteiger partial charge < -0.3 is 14.4 Å². The van der Waals surface area contributed by atoms with E-state index in [1.54, 1.807) is 7.11 Å². The Balaban J connectivity index is 1.51. The van der Waals surface area contributed by atoms with Crippen LogP contribution in [0.5, 0.6) is 5.88 Å². The Hall–Kier alpha value is -2.81. The zero-order chi connectivity index (χ0) is 22.8. The van der Waals surface area contributed by atoms with Crippen LogP contribution in [0.1, 0.15) is 29.9 Å². The highest BCUT2D eigenvalue weighted by molar-refractivity contribution is 5.65. The van der Waals surface area contributed by atoms with Crippen molar-refractivity contribution in [1.82, 2.24) is 29.5 Å². The Morgan fingerprint density at radius 3 is 2.61 bits per heavy atom. The third kappa shape index (κ3) is 4.51. The fraction of sp³-hybridized carbons (Fsp3) is 0.480. The number of aromatic nitrogens is 4. The maximum Gasteiger partial charge on any atom is 0.213 e. The van der Waals surface area contributed by atoms with Crippen molar-refractivity contribution in [3.05, 3.63) is 53.6 Å². The number of methoxy groups -OCH3 is 1. The minimum atomic E-state index is 0.272. The first-order valence-electron chi connectivity index (χ1n) is 11.7. The lowest BCUT2D eigenvalue weighted by Crippen LogP contribution is -2.45. The van der Waals surface area contributed by atoms with Gasteiger partial charge in [-0.15, -0.1) is 0 Å². The van der Waals surface area contributed by atoms with E-state index in [9.17, 15) is 0 Å². The fourth-order valence-corrected chi connectivity index (χ4v) is 4.73. The Labute approximate surface area is 195 Å². The van der Waals surface area contributed by atoms with Gasteiger partial charge in [0.2, 0.25) is 5.88 Å². The van der Waals surface area contributed by atoms with Crippen LogP contribution >= 0.6 is 0 Å². The zero-order valence-corrected chi connectivity index (χ0v) is 19.7. The summed E-state index contributed by atoms with van der Waals surface area (Å²) in [5.74, 6) is 0.595. The van der Waals surface area contributed by atoms with Crippen molar-refractivity contribution in [3.63, 3.8) is 0 Å². The maximum absolute atomic E-state index is 5.80. The molecule has 1 atom stereocenters. The number of ether oxygens (including phenoxy) is 2. The highest BCUT2D eigenvalue weighted by Crippen LogP contribution is 2.31. The predicted octanol–water partition coefficient (Wildman–Crippen LogP) is 2.76. The number of piperazine rings is 1. The quantitative estimate of drug-likeness (QED) is 0.595. The van der Waals surface area contributed by atoms with E-state index >= 15 is 0 Å². The van der Waals surface area contributed by atoms with Gasteiger partial charge >= 0.3 is 0 Å². The molecule has 174 valence electrons. The third-order valence-electron chi connectivity index (χ3n) is 6.81. The molecule has 3 aromatic rings. The van der Waals surface area contributed by atoms with Gasteiger partial charge in [-0.3, -0.25) is 9.88 Å². The first-order chi connectivity index (χ1) is 16.1. The van der Waals surface area contributed by atoms with E-state index in [1.807, 2.05) is 29.2 Å². The minimum Gasteiger partial charge on any atom is -0.481 e. The van der Waals surface area contributed by atoms with Crippen LogP contribution in [0, 0.1) is 0 Å².